The lowest BCUT2D eigenvalue weighted by Gasteiger charge is -2.10. The Kier molecular flexibility index (Phi) is 3.80. The molecule has 1 rings (SSSR count). The zero-order chi connectivity index (χ0) is 11.3. The third-order valence-electron chi connectivity index (χ3n) is 1.80. The molecule has 1 atom stereocenters. The summed E-state index contributed by atoms with van der Waals surface area (Å²) in [7, 11) is -2.32. The van der Waals surface area contributed by atoms with Gasteiger partial charge in [-0.15, -0.1) is 0 Å². The van der Waals surface area contributed by atoms with Crippen LogP contribution in [-0.2, 0) is 10.2 Å². The highest BCUT2D eigenvalue weighted by Gasteiger charge is 2.16. The fourth-order valence-corrected chi connectivity index (χ4v) is 1.65. The second-order valence-electron chi connectivity index (χ2n) is 2.80. The number of nitrogens with zero attached hydrogens (tertiary/aromatic N) is 1. The molecule has 0 amide bonds. The number of nitrogens with one attached hydrogen (secondary N) is 2. The van der Waals surface area contributed by atoms with Gasteiger partial charge in [0.1, 0.15) is 6.04 Å². The Balaban J connectivity index is 2.89. The molecule has 0 aliphatic heterocycles. The third kappa shape index (κ3) is 3.32. The smallest absolute Gasteiger partial charge is 0.205 e. The molecule has 2 N–H and O–H groups in total. The molecule has 0 heterocycles. The molecule has 6 heteroatoms. The van der Waals surface area contributed by atoms with Crippen LogP contribution < -0.4 is 9.44 Å². The van der Waals surface area contributed by atoms with Gasteiger partial charge in [-0.05, 0) is 5.56 Å². The Bertz CT molecular complexity index is 450. The summed E-state index contributed by atoms with van der Waals surface area (Å²) in [6.45, 7) is 0. The Morgan fingerprint density at radius 1 is 1.33 bits per heavy atom. The van der Waals surface area contributed by atoms with Crippen molar-refractivity contribution in [3.8, 4) is 6.07 Å². The monoisotopic (exact) mass is 225 g/mol. The number of benzene rings is 1. The number of rotatable bonds is 4. The molecule has 5 nitrogen and oxygen atoms in total. The van der Waals surface area contributed by atoms with Crippen molar-refractivity contribution in [1.82, 2.24) is 9.44 Å². The van der Waals surface area contributed by atoms with Crippen molar-refractivity contribution >= 4 is 10.2 Å². The van der Waals surface area contributed by atoms with Crippen LogP contribution in [0.2, 0.25) is 0 Å². The zero-order valence-electron chi connectivity index (χ0n) is 8.14. The first-order valence-electron chi connectivity index (χ1n) is 4.24. The third-order valence-corrected chi connectivity index (χ3v) is 2.89. The van der Waals surface area contributed by atoms with Crippen LogP contribution >= 0.6 is 0 Å². The van der Waals surface area contributed by atoms with Gasteiger partial charge in [0, 0.05) is 7.05 Å². The molecule has 1 aromatic carbocycles. The topological polar surface area (TPSA) is 82.0 Å². The molecule has 15 heavy (non-hydrogen) atoms. The molecule has 0 saturated carbocycles. The van der Waals surface area contributed by atoms with Crippen molar-refractivity contribution in [2.24, 2.45) is 0 Å². The van der Waals surface area contributed by atoms with E-state index < -0.39 is 16.3 Å². The van der Waals surface area contributed by atoms with Crippen molar-refractivity contribution < 1.29 is 8.42 Å². The van der Waals surface area contributed by atoms with Crippen molar-refractivity contribution in [3.05, 3.63) is 35.9 Å². The summed E-state index contributed by atoms with van der Waals surface area (Å²) in [5.74, 6) is 0. The van der Waals surface area contributed by atoms with Crippen molar-refractivity contribution in [1.29, 1.82) is 5.26 Å². The van der Waals surface area contributed by atoms with Crippen molar-refractivity contribution in [2.45, 2.75) is 6.04 Å². The molecule has 0 saturated heterocycles. The minimum atomic E-state index is -3.60. The summed E-state index contributed by atoms with van der Waals surface area (Å²) >= 11 is 0. The van der Waals surface area contributed by atoms with E-state index in [0.29, 0.717) is 5.56 Å². The van der Waals surface area contributed by atoms with Crippen LogP contribution in [0.15, 0.2) is 30.3 Å². The average Bonchev–Trinajstić information content (AvgIpc) is 2.27. The summed E-state index contributed by atoms with van der Waals surface area (Å²) < 4.78 is 26.6. The van der Waals surface area contributed by atoms with Gasteiger partial charge in [0.15, 0.2) is 0 Å². The summed E-state index contributed by atoms with van der Waals surface area (Å²) in [6, 6.07) is 9.66. The predicted molar refractivity (Wildman–Crippen MR) is 55.9 cm³/mol. The van der Waals surface area contributed by atoms with E-state index in [9.17, 15) is 8.42 Å². The normalized spacial score (nSPS) is 13.1. The number of hydrogen-bond acceptors (Lipinski definition) is 3. The highest BCUT2D eigenvalue weighted by Crippen LogP contribution is 2.11. The SMILES string of the molecule is CNS(=O)(=O)NC(C#N)c1ccccc1. The van der Waals surface area contributed by atoms with E-state index in [1.165, 1.54) is 7.05 Å². The maximum atomic E-state index is 11.2. The van der Waals surface area contributed by atoms with E-state index in [0.717, 1.165) is 0 Å². The summed E-state index contributed by atoms with van der Waals surface area (Å²) in [6.07, 6.45) is 0. The largest absolute Gasteiger partial charge is 0.278 e. The van der Waals surface area contributed by atoms with Gasteiger partial charge in [-0.25, -0.2) is 4.72 Å². The molecule has 0 fully saturated rings. The van der Waals surface area contributed by atoms with Gasteiger partial charge in [-0.2, -0.15) is 18.4 Å². The van der Waals surface area contributed by atoms with Gasteiger partial charge in [0.25, 0.3) is 10.2 Å². The Morgan fingerprint density at radius 3 is 2.40 bits per heavy atom. The first-order valence-corrected chi connectivity index (χ1v) is 5.73. The molecule has 80 valence electrons. The second kappa shape index (κ2) is 4.89. The fourth-order valence-electron chi connectivity index (χ4n) is 1.03. The van der Waals surface area contributed by atoms with Crippen LogP contribution in [0.4, 0.5) is 0 Å². The van der Waals surface area contributed by atoms with Crippen LogP contribution in [0.5, 0.6) is 0 Å². The minimum Gasteiger partial charge on any atom is -0.205 e. The maximum absolute atomic E-state index is 11.2. The predicted octanol–water partition coefficient (Wildman–Crippen LogP) is 0.305. The molecule has 0 spiro atoms. The first kappa shape index (κ1) is 11.7. The van der Waals surface area contributed by atoms with Crippen molar-refractivity contribution in [2.75, 3.05) is 7.05 Å². The van der Waals surface area contributed by atoms with Crippen LogP contribution in [0.3, 0.4) is 0 Å². The van der Waals surface area contributed by atoms with Crippen LogP contribution in [-0.4, -0.2) is 15.5 Å². The van der Waals surface area contributed by atoms with Crippen molar-refractivity contribution in [3.63, 3.8) is 0 Å². The Hall–Kier alpha value is -1.42. The first-order chi connectivity index (χ1) is 7.09. The van der Waals surface area contributed by atoms with E-state index in [-0.39, 0.29) is 0 Å². The van der Waals surface area contributed by atoms with Crippen LogP contribution in [0.25, 0.3) is 0 Å². The van der Waals surface area contributed by atoms with Gasteiger partial charge >= 0.3 is 0 Å². The molecular formula is C9H11N3O2S. The van der Waals surface area contributed by atoms with Crippen LogP contribution in [0.1, 0.15) is 11.6 Å². The summed E-state index contributed by atoms with van der Waals surface area (Å²) in [4.78, 5) is 0. The number of hydrogen-bond donors (Lipinski definition) is 2. The molecule has 0 radical (unpaired) electrons. The van der Waals surface area contributed by atoms with E-state index in [2.05, 4.69) is 9.44 Å². The Labute approximate surface area is 88.9 Å². The molecule has 1 aromatic rings. The minimum absolute atomic E-state index is 0.610. The van der Waals surface area contributed by atoms with Gasteiger partial charge in [-0.1, -0.05) is 30.3 Å². The van der Waals surface area contributed by atoms with Crippen LogP contribution in [0, 0.1) is 11.3 Å². The van der Waals surface area contributed by atoms with E-state index in [1.807, 2.05) is 6.07 Å². The quantitative estimate of drug-likeness (QED) is 0.773. The average molecular weight is 225 g/mol. The van der Waals surface area contributed by atoms with Gasteiger partial charge in [0.2, 0.25) is 0 Å². The standard InChI is InChI=1S/C9H11N3O2S/c1-11-15(13,14)12-9(7-10)8-5-3-2-4-6-8/h2-6,9,11-12H,1H3. The molecule has 1 unspecified atom stereocenters. The fraction of sp³-hybridized carbons (Fsp3) is 0.222. The molecule has 0 aromatic heterocycles. The second-order valence-corrected chi connectivity index (χ2v) is 4.45. The molecule has 0 bridgehead atoms. The molecular weight excluding hydrogens is 214 g/mol. The molecule has 0 aliphatic carbocycles. The number of nitriles is 1. The van der Waals surface area contributed by atoms with Gasteiger partial charge < -0.3 is 0 Å². The van der Waals surface area contributed by atoms with E-state index in [1.54, 1.807) is 30.3 Å². The lowest BCUT2D eigenvalue weighted by Crippen LogP contribution is -2.36. The maximum Gasteiger partial charge on any atom is 0.278 e. The lowest BCUT2D eigenvalue weighted by atomic mass is 10.1. The Morgan fingerprint density at radius 2 is 1.93 bits per heavy atom. The summed E-state index contributed by atoms with van der Waals surface area (Å²) in [5.41, 5.74) is 0.610. The van der Waals surface area contributed by atoms with E-state index in [4.69, 9.17) is 5.26 Å². The highest BCUT2D eigenvalue weighted by molar-refractivity contribution is 7.87. The van der Waals surface area contributed by atoms with Gasteiger partial charge in [-0.3, -0.25) is 0 Å². The van der Waals surface area contributed by atoms with Gasteiger partial charge in [0.05, 0.1) is 6.07 Å². The van der Waals surface area contributed by atoms with E-state index >= 15 is 0 Å². The zero-order valence-corrected chi connectivity index (χ0v) is 8.95. The summed E-state index contributed by atoms with van der Waals surface area (Å²) in [5, 5.41) is 8.83. The highest BCUT2D eigenvalue weighted by atomic mass is 32.2. The lowest BCUT2D eigenvalue weighted by molar-refractivity contribution is 0.567. The molecule has 0 aliphatic rings.